The summed E-state index contributed by atoms with van der Waals surface area (Å²) in [5, 5.41) is 61.0. The monoisotopic (exact) mass is 630 g/mol. The van der Waals surface area contributed by atoms with Gasteiger partial charge in [-0.3, -0.25) is 20.2 Å². The summed E-state index contributed by atoms with van der Waals surface area (Å²) < 4.78 is 26.3. The molecule has 1 aliphatic heterocycles. The average molecular weight is 631 g/mol. The van der Waals surface area contributed by atoms with E-state index in [0.717, 1.165) is 17.0 Å². The molecule has 0 radical (unpaired) electrons. The van der Waals surface area contributed by atoms with Crippen LogP contribution in [0.15, 0.2) is 65.3 Å². The van der Waals surface area contributed by atoms with Crippen molar-refractivity contribution in [1.82, 2.24) is 10.3 Å². The molecule has 236 valence electrons. The summed E-state index contributed by atoms with van der Waals surface area (Å²) in [7, 11) is 0. The summed E-state index contributed by atoms with van der Waals surface area (Å²) in [5.74, 6) is -3.27. The Bertz CT molecular complexity index is 1390. The summed E-state index contributed by atoms with van der Waals surface area (Å²) in [6.45, 7) is 3.31. The molecular formula is C26H33ClF2N6O8. The van der Waals surface area contributed by atoms with Crippen molar-refractivity contribution in [3.63, 3.8) is 0 Å². The van der Waals surface area contributed by atoms with Crippen LogP contribution < -0.4 is 11.1 Å². The molecule has 0 saturated carbocycles. The number of rotatable bonds is 8. The van der Waals surface area contributed by atoms with Crippen molar-refractivity contribution in [2.75, 3.05) is 26.2 Å². The predicted molar refractivity (Wildman–Crippen MR) is 154 cm³/mol. The van der Waals surface area contributed by atoms with Gasteiger partial charge in [-0.15, -0.1) is 0 Å². The van der Waals surface area contributed by atoms with Crippen molar-refractivity contribution in [1.29, 1.82) is 0 Å². The average Bonchev–Trinajstić information content (AvgIpc) is 2.92. The van der Waals surface area contributed by atoms with Crippen LogP contribution in [0.25, 0.3) is 10.9 Å². The van der Waals surface area contributed by atoms with Crippen LogP contribution in [0.2, 0.25) is 0 Å². The third kappa shape index (κ3) is 10.3. The molecule has 1 aromatic heterocycles. The molecular weight excluding hydrogens is 598 g/mol. The first kappa shape index (κ1) is 35.7. The van der Waals surface area contributed by atoms with Crippen molar-refractivity contribution in [2.45, 2.75) is 42.7 Å². The normalized spacial score (nSPS) is 25.0. The molecule has 17 heteroatoms. The van der Waals surface area contributed by atoms with Crippen LogP contribution in [-0.2, 0) is 0 Å². The summed E-state index contributed by atoms with van der Waals surface area (Å²) in [4.78, 5) is 25.4. The highest BCUT2D eigenvalue weighted by atomic mass is 35.5. The van der Waals surface area contributed by atoms with Gasteiger partial charge in [-0.05, 0) is 31.2 Å². The van der Waals surface area contributed by atoms with Gasteiger partial charge in [0.2, 0.25) is 6.54 Å². The number of hydrogen-bond acceptors (Lipinski definition) is 12. The summed E-state index contributed by atoms with van der Waals surface area (Å²) in [6, 6.07) is 8.81. The molecule has 0 amide bonds. The van der Waals surface area contributed by atoms with E-state index in [4.69, 9.17) is 27.5 Å². The summed E-state index contributed by atoms with van der Waals surface area (Å²) in [5.41, 5.74) is 4.35. The molecule has 2 heterocycles. The molecule has 5 atom stereocenters. The largest absolute Gasteiger partial charge is 0.394 e. The third-order valence-electron chi connectivity index (χ3n) is 6.08. The van der Waals surface area contributed by atoms with Gasteiger partial charge in [0.1, 0.15) is 17.3 Å². The molecule has 4 rings (SSSR count). The number of nitrogens with one attached hydrogen (secondary N) is 1. The number of allylic oxidation sites excluding steroid dienone is 3. The highest BCUT2D eigenvalue weighted by Gasteiger charge is 2.53. The number of pyridine rings is 1. The van der Waals surface area contributed by atoms with Crippen LogP contribution in [0.1, 0.15) is 13.8 Å². The zero-order valence-corrected chi connectivity index (χ0v) is 23.9. The molecule has 2 aliphatic rings. The number of nitrogens with zero attached hydrogens (tertiary/aromatic N) is 4. The van der Waals surface area contributed by atoms with E-state index in [1.54, 1.807) is 13.0 Å². The Balaban J connectivity index is 0.000000229. The number of aliphatic hydroxyl groups excluding tert-OH is 3. The highest BCUT2D eigenvalue weighted by Crippen LogP contribution is 2.40. The quantitative estimate of drug-likeness (QED) is 0.106. The molecule has 5 unspecified atom stereocenters. The zero-order valence-electron chi connectivity index (χ0n) is 23.2. The van der Waals surface area contributed by atoms with Crippen LogP contribution in [0, 0.1) is 26.1 Å². The highest BCUT2D eigenvalue weighted by molar-refractivity contribution is 6.32. The maximum Gasteiger partial charge on any atom is 0.288 e. The van der Waals surface area contributed by atoms with Crippen molar-refractivity contribution in [3.05, 3.63) is 80.6 Å². The molecule has 43 heavy (non-hydrogen) atoms. The Morgan fingerprint density at radius 1 is 1.23 bits per heavy atom. The Morgan fingerprint density at radius 2 is 1.88 bits per heavy atom. The number of nitro groups is 2. The molecule has 1 aliphatic carbocycles. The molecule has 2 aromatic rings. The second kappa shape index (κ2) is 14.8. The number of aromatic nitrogens is 1. The number of nitrogens with two attached hydrogens (primary N) is 1. The van der Waals surface area contributed by atoms with Crippen LogP contribution in [0.4, 0.5) is 14.5 Å². The second-order valence-electron chi connectivity index (χ2n) is 10.1. The zero-order chi connectivity index (χ0) is 32.6. The molecule has 14 nitrogen and oxygen atoms in total. The van der Waals surface area contributed by atoms with Crippen molar-refractivity contribution in [2.24, 2.45) is 16.6 Å². The fourth-order valence-corrected chi connectivity index (χ4v) is 4.25. The molecule has 0 bridgehead atoms. The molecule has 7 N–H and O–H groups in total. The van der Waals surface area contributed by atoms with Gasteiger partial charge >= 0.3 is 0 Å². The first-order chi connectivity index (χ1) is 19.9. The van der Waals surface area contributed by atoms with E-state index in [1.165, 1.54) is 19.2 Å². The Hall–Kier alpha value is -3.51. The van der Waals surface area contributed by atoms with E-state index in [-0.39, 0.29) is 47.5 Å². The van der Waals surface area contributed by atoms with Gasteiger partial charge in [0, 0.05) is 41.0 Å². The lowest BCUT2D eigenvalue weighted by atomic mass is 9.84. The second-order valence-corrected chi connectivity index (χ2v) is 10.7. The molecule has 0 spiro atoms. The molecule has 0 saturated heterocycles. The Morgan fingerprint density at radius 3 is 2.49 bits per heavy atom. The lowest BCUT2D eigenvalue weighted by molar-refractivity contribution is -0.487. The minimum atomic E-state index is -3.20. The topological polar surface area (TPSA) is 230 Å². The smallest absolute Gasteiger partial charge is 0.288 e. The lowest BCUT2D eigenvalue weighted by Gasteiger charge is -2.42. The molecule has 1 aromatic carbocycles. The predicted octanol–water partition coefficient (Wildman–Crippen LogP) is 1.52. The van der Waals surface area contributed by atoms with Gasteiger partial charge in [0.25, 0.3) is 11.6 Å². The SMILES string of the molecule is CC(CNCC(O)CO)C[N+](=O)[O-].CC1(O)N=C2C=CC(F)(F)C=C2C(N)(Cl)C1O.O=[N+]([O-])c1cnc2ccccc2c1. The van der Waals surface area contributed by atoms with Crippen molar-refractivity contribution < 1.29 is 39.1 Å². The number of fused-ring (bicyclic) bond motifs is 2. The van der Waals surface area contributed by atoms with E-state index >= 15 is 0 Å². The fourth-order valence-electron chi connectivity index (χ4n) is 3.89. The number of halogens is 3. The van der Waals surface area contributed by atoms with Gasteiger partial charge in [0.15, 0.2) is 5.72 Å². The van der Waals surface area contributed by atoms with Crippen LogP contribution in [0.5, 0.6) is 0 Å². The number of aliphatic imine (C=N–C) groups is 1. The lowest BCUT2D eigenvalue weighted by Crippen LogP contribution is -2.62. The van der Waals surface area contributed by atoms with Gasteiger partial charge in [0.05, 0.1) is 28.9 Å². The number of benzene rings is 1. The maximum absolute atomic E-state index is 13.2. The minimum Gasteiger partial charge on any atom is -0.394 e. The Labute approximate surface area is 249 Å². The first-order valence-electron chi connectivity index (χ1n) is 12.8. The number of para-hydroxylation sites is 1. The Kier molecular flexibility index (Phi) is 12.3. The van der Waals surface area contributed by atoms with Gasteiger partial charge in [-0.25, -0.2) is 9.98 Å². The van der Waals surface area contributed by atoms with Gasteiger partial charge < -0.3 is 31.5 Å². The molecule has 0 fully saturated rings. The first-order valence-corrected chi connectivity index (χ1v) is 13.2. The summed E-state index contributed by atoms with van der Waals surface area (Å²) in [6.07, 6.45) is 0.979. The fraction of sp³-hybridized carbons (Fsp3) is 0.462. The number of aliphatic hydroxyl groups is 4. The van der Waals surface area contributed by atoms with Crippen molar-refractivity contribution in [3.8, 4) is 0 Å². The minimum absolute atomic E-state index is 0.0266. The van der Waals surface area contributed by atoms with Crippen molar-refractivity contribution >= 4 is 33.9 Å². The number of alkyl halides is 3. The van der Waals surface area contributed by atoms with Gasteiger partial charge in [-0.2, -0.15) is 8.78 Å². The van der Waals surface area contributed by atoms with Gasteiger partial charge in [-0.1, -0.05) is 36.7 Å². The van der Waals surface area contributed by atoms with Crippen LogP contribution in [0.3, 0.4) is 0 Å². The van der Waals surface area contributed by atoms with E-state index in [1.807, 2.05) is 18.2 Å². The van der Waals surface area contributed by atoms with E-state index in [9.17, 15) is 39.2 Å². The van der Waals surface area contributed by atoms with E-state index in [2.05, 4.69) is 15.3 Å². The van der Waals surface area contributed by atoms with Crippen LogP contribution in [-0.4, -0.2) is 96.1 Å². The van der Waals surface area contributed by atoms with Crippen LogP contribution >= 0.6 is 11.6 Å². The number of hydrogen-bond donors (Lipinski definition) is 6. The standard InChI is InChI=1S/C10H11ClF2N2O2.C9H6N2O2.C7H16N2O4/c1-8(17)7(16)10(11,14)5-4-9(12,13)3-2-6(5)15-8;12-11(13)8-5-7-3-1-2-4-9(7)10-6-8;1-6(4-9(12)13)2-8-3-7(11)5-10/h2-4,7,16-17H,14H2,1H3;1-6H;6-8,10-11H,2-5H2,1H3. The summed E-state index contributed by atoms with van der Waals surface area (Å²) >= 11 is 5.86. The van der Waals surface area contributed by atoms with E-state index < -0.39 is 33.8 Å². The maximum atomic E-state index is 13.2. The third-order valence-corrected chi connectivity index (χ3v) is 6.49. The van der Waals surface area contributed by atoms with E-state index in [0.29, 0.717) is 18.7 Å².